The van der Waals surface area contributed by atoms with Crippen LogP contribution >= 0.6 is 0 Å². The predicted octanol–water partition coefficient (Wildman–Crippen LogP) is 3.11. The molecule has 6 heteroatoms. The Morgan fingerprint density at radius 1 is 1.05 bits per heavy atom. The Kier molecular flexibility index (Phi) is 4.82. The summed E-state index contributed by atoms with van der Waals surface area (Å²) in [5, 5.41) is 13.7. The summed E-state index contributed by atoms with van der Waals surface area (Å²) < 4.78 is 23.1. The number of guanidine groups is 1. The maximum absolute atomic E-state index is 11.5. The highest BCUT2D eigenvalue weighted by atomic mass is 32.2. The number of aryl methyl sites for hydroxylation is 1. The van der Waals surface area contributed by atoms with Crippen molar-refractivity contribution in [2.45, 2.75) is 18.2 Å². The summed E-state index contributed by atoms with van der Waals surface area (Å²) in [4.78, 5) is 0.221. The lowest BCUT2D eigenvalue weighted by atomic mass is 10.1. The van der Waals surface area contributed by atoms with Gasteiger partial charge < -0.3 is 10.6 Å². The molecule has 0 aliphatic heterocycles. The van der Waals surface area contributed by atoms with Crippen molar-refractivity contribution in [3.63, 3.8) is 0 Å². The number of sulfone groups is 1. The third kappa shape index (κ3) is 4.33. The summed E-state index contributed by atoms with van der Waals surface area (Å²) in [6.07, 6.45) is 2.08. The van der Waals surface area contributed by atoms with Crippen molar-refractivity contribution in [1.82, 2.24) is 0 Å². The van der Waals surface area contributed by atoms with Gasteiger partial charge >= 0.3 is 0 Å². The summed E-state index contributed by atoms with van der Waals surface area (Å²) in [6, 6.07) is 14.2. The highest BCUT2D eigenvalue weighted by Gasteiger charge is 2.08. The lowest BCUT2D eigenvalue weighted by molar-refractivity contribution is 0.602. The molecule has 5 nitrogen and oxygen atoms in total. The average molecular weight is 317 g/mol. The fraction of sp³-hybridized carbons (Fsp3) is 0.188. The monoisotopic (exact) mass is 317 g/mol. The van der Waals surface area contributed by atoms with Gasteiger partial charge in [-0.3, -0.25) is 5.41 Å². The third-order valence-electron chi connectivity index (χ3n) is 3.14. The van der Waals surface area contributed by atoms with Crippen molar-refractivity contribution in [3.05, 3.63) is 54.1 Å². The zero-order valence-electron chi connectivity index (χ0n) is 12.6. The van der Waals surface area contributed by atoms with E-state index >= 15 is 0 Å². The molecule has 3 N–H and O–H groups in total. The van der Waals surface area contributed by atoms with Gasteiger partial charge in [0.15, 0.2) is 15.8 Å². The second-order valence-electron chi connectivity index (χ2n) is 4.98. The maximum Gasteiger partial charge on any atom is 0.197 e. The van der Waals surface area contributed by atoms with E-state index in [4.69, 9.17) is 5.41 Å². The molecule has 0 heterocycles. The van der Waals surface area contributed by atoms with Crippen LogP contribution in [0.25, 0.3) is 0 Å². The van der Waals surface area contributed by atoms with Gasteiger partial charge in [-0.05, 0) is 42.3 Å². The molecule has 0 aromatic heterocycles. The predicted molar refractivity (Wildman–Crippen MR) is 90.3 cm³/mol. The van der Waals surface area contributed by atoms with Crippen LogP contribution in [0.4, 0.5) is 11.4 Å². The first-order valence-electron chi connectivity index (χ1n) is 6.90. The minimum atomic E-state index is -3.26. The van der Waals surface area contributed by atoms with E-state index in [1.54, 1.807) is 12.1 Å². The first-order valence-corrected chi connectivity index (χ1v) is 8.79. The van der Waals surface area contributed by atoms with Crippen LogP contribution in [-0.4, -0.2) is 20.6 Å². The van der Waals surface area contributed by atoms with Crippen LogP contribution in [0.3, 0.4) is 0 Å². The van der Waals surface area contributed by atoms with E-state index < -0.39 is 9.84 Å². The second-order valence-corrected chi connectivity index (χ2v) is 6.99. The molecular formula is C16H19N3O2S. The van der Waals surface area contributed by atoms with Crippen molar-refractivity contribution in [3.8, 4) is 0 Å². The Bertz CT molecular complexity index is 785. The maximum atomic E-state index is 11.5. The van der Waals surface area contributed by atoms with Crippen LogP contribution < -0.4 is 10.6 Å². The number of benzene rings is 2. The number of anilines is 2. The Labute approximate surface area is 130 Å². The van der Waals surface area contributed by atoms with Crippen LogP contribution in [0.5, 0.6) is 0 Å². The Hall–Kier alpha value is -2.34. The minimum absolute atomic E-state index is 0.0823. The zero-order valence-corrected chi connectivity index (χ0v) is 13.4. The van der Waals surface area contributed by atoms with E-state index in [1.165, 1.54) is 17.7 Å². The lowest BCUT2D eigenvalue weighted by Gasteiger charge is -2.12. The first kappa shape index (κ1) is 16.0. The fourth-order valence-electron chi connectivity index (χ4n) is 1.99. The van der Waals surface area contributed by atoms with Gasteiger partial charge in [0.1, 0.15) is 0 Å². The molecule has 0 saturated carbocycles. The Balaban J connectivity index is 2.09. The summed E-state index contributed by atoms with van der Waals surface area (Å²) in [5.74, 6) is 0.0823. The minimum Gasteiger partial charge on any atom is -0.326 e. The number of rotatable bonds is 4. The van der Waals surface area contributed by atoms with E-state index in [2.05, 4.69) is 17.6 Å². The summed E-state index contributed by atoms with van der Waals surface area (Å²) >= 11 is 0. The Morgan fingerprint density at radius 2 is 1.64 bits per heavy atom. The van der Waals surface area contributed by atoms with E-state index in [9.17, 15) is 8.42 Å². The smallest absolute Gasteiger partial charge is 0.197 e. The standard InChI is InChI=1S/C16H19N3O2S/c1-3-12-6-4-7-13(10-12)18-16(17)19-14-8-5-9-15(11-14)22(2,20)21/h4-11H,3H2,1-2H3,(H3,17,18,19). The van der Waals surface area contributed by atoms with E-state index in [1.807, 2.05) is 24.3 Å². The first-order chi connectivity index (χ1) is 10.4. The van der Waals surface area contributed by atoms with Crippen LogP contribution in [0.15, 0.2) is 53.4 Å². The molecule has 0 radical (unpaired) electrons. The largest absolute Gasteiger partial charge is 0.326 e. The van der Waals surface area contributed by atoms with E-state index in [-0.39, 0.29) is 10.9 Å². The normalized spacial score (nSPS) is 11.0. The van der Waals surface area contributed by atoms with Gasteiger partial charge in [-0.25, -0.2) is 8.42 Å². The molecule has 22 heavy (non-hydrogen) atoms. The van der Waals surface area contributed by atoms with Gasteiger partial charge in [-0.15, -0.1) is 0 Å². The number of hydrogen-bond donors (Lipinski definition) is 3. The number of nitrogens with one attached hydrogen (secondary N) is 3. The lowest BCUT2D eigenvalue weighted by Crippen LogP contribution is -2.20. The van der Waals surface area contributed by atoms with Gasteiger partial charge in [0, 0.05) is 17.6 Å². The molecule has 2 aromatic rings. The van der Waals surface area contributed by atoms with Gasteiger partial charge in [-0.2, -0.15) is 0 Å². The highest BCUT2D eigenvalue weighted by Crippen LogP contribution is 2.16. The Morgan fingerprint density at radius 3 is 2.23 bits per heavy atom. The van der Waals surface area contributed by atoms with Crippen molar-refractivity contribution in [2.75, 3.05) is 16.9 Å². The summed E-state index contributed by atoms with van der Waals surface area (Å²) in [5.41, 5.74) is 2.54. The molecule has 0 saturated heterocycles. The average Bonchev–Trinajstić information content (AvgIpc) is 2.46. The van der Waals surface area contributed by atoms with Crippen LogP contribution in [0, 0.1) is 5.41 Å². The molecule has 0 bridgehead atoms. The molecule has 0 atom stereocenters. The molecule has 0 fully saturated rings. The topological polar surface area (TPSA) is 82.1 Å². The fourth-order valence-corrected chi connectivity index (χ4v) is 2.66. The van der Waals surface area contributed by atoms with Gasteiger partial charge in [0.2, 0.25) is 0 Å². The van der Waals surface area contributed by atoms with Crippen molar-refractivity contribution < 1.29 is 8.42 Å². The van der Waals surface area contributed by atoms with Crippen LogP contribution in [0.1, 0.15) is 12.5 Å². The van der Waals surface area contributed by atoms with Gasteiger partial charge in [0.05, 0.1) is 4.90 Å². The molecule has 0 unspecified atom stereocenters. The number of hydrogen-bond acceptors (Lipinski definition) is 3. The van der Waals surface area contributed by atoms with Crippen molar-refractivity contribution >= 4 is 27.2 Å². The molecule has 2 aromatic carbocycles. The highest BCUT2D eigenvalue weighted by molar-refractivity contribution is 7.90. The van der Waals surface area contributed by atoms with Gasteiger partial charge in [0.25, 0.3) is 0 Å². The molecule has 2 rings (SSSR count). The third-order valence-corrected chi connectivity index (χ3v) is 4.25. The van der Waals surface area contributed by atoms with Gasteiger partial charge in [-0.1, -0.05) is 25.1 Å². The summed E-state index contributed by atoms with van der Waals surface area (Å²) in [7, 11) is -3.26. The quantitative estimate of drug-likeness (QED) is 0.598. The molecular weight excluding hydrogens is 298 g/mol. The van der Waals surface area contributed by atoms with Crippen molar-refractivity contribution in [1.29, 1.82) is 5.41 Å². The SMILES string of the molecule is CCc1cccc(NC(=N)Nc2cccc(S(C)(=O)=O)c2)c1. The molecule has 0 aliphatic rings. The second kappa shape index (κ2) is 6.62. The molecule has 0 spiro atoms. The van der Waals surface area contributed by atoms with Crippen LogP contribution in [-0.2, 0) is 16.3 Å². The molecule has 0 amide bonds. The van der Waals surface area contributed by atoms with E-state index in [0.717, 1.165) is 18.4 Å². The molecule has 0 aliphatic carbocycles. The summed E-state index contributed by atoms with van der Waals surface area (Å²) in [6.45, 7) is 2.07. The molecule has 116 valence electrons. The zero-order chi connectivity index (χ0) is 16.2. The van der Waals surface area contributed by atoms with Crippen molar-refractivity contribution in [2.24, 2.45) is 0 Å². The van der Waals surface area contributed by atoms with E-state index in [0.29, 0.717) is 5.69 Å². The van der Waals surface area contributed by atoms with Crippen LogP contribution in [0.2, 0.25) is 0 Å².